The van der Waals surface area contributed by atoms with Gasteiger partial charge in [-0.2, -0.15) is 8.42 Å². The topological polar surface area (TPSA) is 74.7 Å². The molecule has 0 radical (unpaired) electrons. The lowest BCUT2D eigenvalue weighted by Crippen LogP contribution is -2.35. The minimum atomic E-state index is -4.36. The van der Waals surface area contributed by atoms with E-state index in [0.717, 1.165) is 19.3 Å². The molecule has 1 saturated heterocycles. The van der Waals surface area contributed by atoms with Gasteiger partial charge in [-0.25, -0.2) is 0 Å². The summed E-state index contributed by atoms with van der Waals surface area (Å²) in [5, 5.41) is 0. The van der Waals surface area contributed by atoms with Gasteiger partial charge in [-0.1, -0.05) is 43.7 Å². The lowest BCUT2D eigenvalue weighted by atomic mass is 10.2. The average molecular weight is 283 g/mol. The van der Waals surface area contributed by atoms with Crippen LogP contribution in [0.5, 0.6) is 0 Å². The van der Waals surface area contributed by atoms with E-state index in [1.54, 1.807) is 0 Å². The maximum atomic E-state index is 11.6. The van der Waals surface area contributed by atoms with Crippen LogP contribution in [-0.4, -0.2) is 39.2 Å². The van der Waals surface area contributed by atoms with E-state index in [1.165, 1.54) is 4.90 Å². The Hall–Kier alpha value is -0.180. The maximum Gasteiger partial charge on any atom is 0.287 e. The van der Waals surface area contributed by atoms with Gasteiger partial charge in [-0.15, -0.1) is 0 Å². The van der Waals surface area contributed by atoms with Crippen molar-refractivity contribution in [2.24, 2.45) is 0 Å². The van der Waals surface area contributed by atoms with Crippen molar-refractivity contribution in [2.75, 3.05) is 6.54 Å². The van der Waals surface area contributed by atoms with Gasteiger partial charge in [0.1, 0.15) is 4.32 Å². The number of unbranched alkanes of at least 4 members (excludes halogenated alkanes) is 2. The molecule has 1 amide bonds. The van der Waals surface area contributed by atoms with E-state index in [2.05, 4.69) is 0 Å². The molecule has 1 unspecified atom stereocenters. The summed E-state index contributed by atoms with van der Waals surface area (Å²) in [6.45, 7) is 2.45. The molecule has 1 atom stereocenters. The Kier molecular flexibility index (Phi) is 4.72. The fourth-order valence-corrected chi connectivity index (χ4v) is 3.85. The van der Waals surface area contributed by atoms with Crippen LogP contribution in [0.4, 0.5) is 0 Å². The van der Waals surface area contributed by atoms with Gasteiger partial charge in [0.15, 0.2) is 0 Å². The van der Waals surface area contributed by atoms with Crippen molar-refractivity contribution in [1.82, 2.24) is 4.90 Å². The molecule has 0 aliphatic carbocycles. The molecule has 5 nitrogen and oxygen atoms in total. The molecule has 1 aliphatic rings. The van der Waals surface area contributed by atoms with Crippen LogP contribution >= 0.6 is 24.0 Å². The van der Waals surface area contributed by atoms with Crippen molar-refractivity contribution in [1.29, 1.82) is 0 Å². The Balaban J connectivity index is 2.68. The monoisotopic (exact) mass is 283 g/mol. The van der Waals surface area contributed by atoms with Crippen LogP contribution < -0.4 is 0 Å². The van der Waals surface area contributed by atoms with E-state index in [9.17, 15) is 13.2 Å². The normalized spacial score (nSPS) is 21.9. The fraction of sp³-hybridized carbons (Fsp3) is 0.750. The largest absolute Gasteiger partial charge is 0.296 e. The highest BCUT2D eigenvalue weighted by Gasteiger charge is 2.44. The zero-order chi connectivity index (χ0) is 12.3. The third-order valence-electron chi connectivity index (χ3n) is 2.15. The number of thioether (sulfide) groups is 1. The van der Waals surface area contributed by atoms with Crippen molar-refractivity contribution in [3.63, 3.8) is 0 Å². The second-order valence-corrected chi connectivity index (χ2v) is 6.97. The summed E-state index contributed by atoms with van der Waals surface area (Å²) in [4.78, 5) is 12.9. The van der Waals surface area contributed by atoms with Gasteiger partial charge >= 0.3 is 0 Å². The van der Waals surface area contributed by atoms with Crippen LogP contribution in [0.15, 0.2) is 0 Å². The molecule has 16 heavy (non-hydrogen) atoms. The predicted molar refractivity (Wildman–Crippen MR) is 66.8 cm³/mol. The minimum Gasteiger partial charge on any atom is -0.296 e. The fourth-order valence-electron chi connectivity index (χ4n) is 1.33. The second kappa shape index (κ2) is 5.44. The first-order valence-electron chi connectivity index (χ1n) is 4.86. The summed E-state index contributed by atoms with van der Waals surface area (Å²) in [5.41, 5.74) is 0. The first-order chi connectivity index (χ1) is 7.38. The third-order valence-corrected chi connectivity index (χ3v) is 5.26. The molecule has 0 aromatic carbocycles. The van der Waals surface area contributed by atoms with Crippen molar-refractivity contribution in [2.45, 2.75) is 30.8 Å². The van der Waals surface area contributed by atoms with Crippen LogP contribution in [0.25, 0.3) is 0 Å². The molecule has 1 fully saturated rings. The summed E-state index contributed by atoms with van der Waals surface area (Å²) in [5.74, 6) is -0.631. The van der Waals surface area contributed by atoms with Gasteiger partial charge in [0.2, 0.25) is 4.58 Å². The molecule has 0 saturated carbocycles. The van der Waals surface area contributed by atoms with E-state index in [-0.39, 0.29) is 4.32 Å². The highest BCUT2D eigenvalue weighted by molar-refractivity contribution is 8.29. The standard InChI is InChI=1S/C8H13NO4S3/c1-2-3-4-5-9-6(10)7(15-8(9)14)16(11,12)13/h7H,2-5H2,1H3,(H,11,12,13). The lowest BCUT2D eigenvalue weighted by molar-refractivity contribution is -0.124. The van der Waals surface area contributed by atoms with E-state index < -0.39 is 20.6 Å². The zero-order valence-electron chi connectivity index (χ0n) is 8.75. The Morgan fingerprint density at radius 2 is 2.12 bits per heavy atom. The number of hydrogen-bond donors (Lipinski definition) is 1. The first-order valence-corrected chi connectivity index (χ1v) is 7.65. The maximum absolute atomic E-state index is 11.6. The molecule has 1 aliphatic heterocycles. The smallest absolute Gasteiger partial charge is 0.287 e. The summed E-state index contributed by atoms with van der Waals surface area (Å²) in [7, 11) is -4.36. The molecule has 0 bridgehead atoms. The number of carbonyl (C=O) groups is 1. The van der Waals surface area contributed by atoms with Crippen LogP contribution in [0.3, 0.4) is 0 Å². The molecule has 1 N–H and O–H groups in total. The van der Waals surface area contributed by atoms with Gasteiger partial charge in [0, 0.05) is 6.54 Å². The summed E-state index contributed by atoms with van der Waals surface area (Å²) < 4.78 is 29.4. The van der Waals surface area contributed by atoms with Gasteiger partial charge in [-0.3, -0.25) is 14.2 Å². The molecular weight excluding hydrogens is 270 g/mol. The quantitative estimate of drug-likeness (QED) is 0.465. The Bertz CT molecular complexity index is 392. The molecule has 1 rings (SSSR count). The van der Waals surface area contributed by atoms with E-state index in [0.29, 0.717) is 18.3 Å². The number of rotatable bonds is 5. The SMILES string of the molecule is CCCCCN1C(=O)C(S(=O)(=O)O)SC1=S. The molecule has 92 valence electrons. The zero-order valence-corrected chi connectivity index (χ0v) is 11.2. The van der Waals surface area contributed by atoms with Crippen molar-refractivity contribution in [3.8, 4) is 0 Å². The van der Waals surface area contributed by atoms with Crippen molar-refractivity contribution < 1.29 is 17.8 Å². The number of nitrogens with zero attached hydrogens (tertiary/aromatic N) is 1. The van der Waals surface area contributed by atoms with E-state index in [1.807, 2.05) is 6.92 Å². The first kappa shape index (κ1) is 13.9. The summed E-state index contributed by atoms with van der Waals surface area (Å²) >= 11 is 5.62. The van der Waals surface area contributed by atoms with Gasteiger partial charge in [-0.05, 0) is 6.42 Å². The number of hydrogen-bond acceptors (Lipinski definition) is 5. The number of carbonyl (C=O) groups excluding carboxylic acids is 1. The van der Waals surface area contributed by atoms with Crippen LogP contribution in [-0.2, 0) is 14.9 Å². The molecule has 8 heteroatoms. The van der Waals surface area contributed by atoms with E-state index >= 15 is 0 Å². The Labute approximate surface area is 104 Å². The molecule has 0 aromatic heterocycles. The Morgan fingerprint density at radius 1 is 1.50 bits per heavy atom. The second-order valence-electron chi connectivity index (χ2n) is 3.43. The summed E-state index contributed by atoms with van der Waals surface area (Å²) in [6, 6.07) is 0. The van der Waals surface area contributed by atoms with Gasteiger partial charge < -0.3 is 0 Å². The number of amides is 1. The highest BCUT2D eigenvalue weighted by Crippen LogP contribution is 2.30. The summed E-state index contributed by atoms with van der Waals surface area (Å²) in [6.07, 6.45) is 2.73. The van der Waals surface area contributed by atoms with Crippen molar-refractivity contribution >= 4 is 44.3 Å². The third kappa shape index (κ3) is 3.16. The molecular formula is C8H13NO4S3. The minimum absolute atomic E-state index is 0.226. The van der Waals surface area contributed by atoms with E-state index in [4.69, 9.17) is 16.8 Å². The highest BCUT2D eigenvalue weighted by atomic mass is 32.3. The van der Waals surface area contributed by atoms with Gasteiger partial charge in [0.05, 0.1) is 0 Å². The molecule has 0 spiro atoms. The Morgan fingerprint density at radius 3 is 2.56 bits per heavy atom. The number of thiocarbonyl (C=S) groups is 1. The van der Waals surface area contributed by atoms with Crippen LogP contribution in [0.1, 0.15) is 26.2 Å². The van der Waals surface area contributed by atoms with Gasteiger partial charge in [0.25, 0.3) is 16.0 Å². The van der Waals surface area contributed by atoms with Crippen LogP contribution in [0, 0.1) is 0 Å². The molecule has 1 heterocycles. The van der Waals surface area contributed by atoms with Crippen LogP contribution in [0.2, 0.25) is 0 Å². The average Bonchev–Trinajstić information content (AvgIpc) is 2.44. The lowest BCUT2D eigenvalue weighted by Gasteiger charge is -2.14. The predicted octanol–water partition coefficient (Wildman–Crippen LogP) is 1.25. The van der Waals surface area contributed by atoms with Crippen molar-refractivity contribution in [3.05, 3.63) is 0 Å². The molecule has 0 aromatic rings.